The second kappa shape index (κ2) is 6.59. The lowest BCUT2D eigenvalue weighted by Gasteiger charge is -2.23. The molecule has 0 aliphatic carbocycles. The van der Waals surface area contributed by atoms with Crippen LogP contribution in [0.2, 0.25) is 0 Å². The first kappa shape index (κ1) is 13.9. The van der Waals surface area contributed by atoms with Crippen LogP contribution in [0.4, 0.5) is 5.69 Å². The molecule has 1 unspecified atom stereocenters. The third-order valence-electron chi connectivity index (χ3n) is 4.82. The van der Waals surface area contributed by atoms with Crippen molar-refractivity contribution in [2.75, 3.05) is 38.5 Å². The molecule has 0 bridgehead atoms. The molecule has 2 fully saturated rings. The molecule has 0 radical (unpaired) electrons. The minimum Gasteiger partial charge on any atom is -0.399 e. The molecule has 3 nitrogen and oxygen atoms in total. The second-order valence-electron chi connectivity index (χ2n) is 6.33. The van der Waals surface area contributed by atoms with Crippen LogP contribution in [0.15, 0.2) is 24.3 Å². The second-order valence-corrected chi connectivity index (χ2v) is 6.33. The first-order valence-electron chi connectivity index (χ1n) is 8.12. The Kier molecular flexibility index (Phi) is 4.58. The van der Waals surface area contributed by atoms with Crippen LogP contribution in [0.1, 0.15) is 31.2 Å². The molecule has 1 atom stereocenters. The summed E-state index contributed by atoms with van der Waals surface area (Å²) in [6.45, 7) is 6.51. The fourth-order valence-electron chi connectivity index (χ4n) is 3.61. The van der Waals surface area contributed by atoms with Crippen LogP contribution in [0.5, 0.6) is 0 Å². The Morgan fingerprint density at radius 3 is 2.55 bits per heavy atom. The Bertz CT molecular complexity index is 409. The van der Waals surface area contributed by atoms with E-state index in [-0.39, 0.29) is 0 Å². The van der Waals surface area contributed by atoms with Crippen LogP contribution in [0.25, 0.3) is 0 Å². The number of aryl methyl sites for hydroxylation is 1. The molecule has 2 saturated heterocycles. The summed E-state index contributed by atoms with van der Waals surface area (Å²) in [6.07, 6.45) is 6.63. The molecule has 110 valence electrons. The summed E-state index contributed by atoms with van der Waals surface area (Å²) in [5.74, 6) is 0. The first-order chi connectivity index (χ1) is 9.81. The van der Waals surface area contributed by atoms with E-state index in [2.05, 4.69) is 21.9 Å². The van der Waals surface area contributed by atoms with Crippen molar-refractivity contribution >= 4 is 5.69 Å². The number of hydrogen-bond donors (Lipinski definition) is 1. The maximum Gasteiger partial charge on any atom is 0.0314 e. The third-order valence-corrected chi connectivity index (χ3v) is 4.82. The fraction of sp³-hybridized carbons (Fsp3) is 0.647. The number of nitrogens with zero attached hydrogens (tertiary/aromatic N) is 2. The maximum absolute atomic E-state index is 5.72. The molecule has 3 rings (SSSR count). The van der Waals surface area contributed by atoms with Gasteiger partial charge in [0.2, 0.25) is 0 Å². The Hall–Kier alpha value is -1.06. The molecule has 3 heteroatoms. The molecule has 2 aliphatic rings. The Morgan fingerprint density at radius 2 is 1.80 bits per heavy atom. The van der Waals surface area contributed by atoms with Gasteiger partial charge in [-0.3, -0.25) is 4.90 Å². The normalized spacial score (nSPS) is 24.5. The molecule has 2 N–H and O–H groups in total. The highest BCUT2D eigenvalue weighted by Gasteiger charge is 2.28. The van der Waals surface area contributed by atoms with Gasteiger partial charge in [0.05, 0.1) is 0 Å². The molecule has 2 heterocycles. The predicted octanol–water partition coefficient (Wildman–Crippen LogP) is 2.37. The molecular weight excluding hydrogens is 246 g/mol. The fourth-order valence-corrected chi connectivity index (χ4v) is 3.61. The average Bonchev–Trinajstić information content (AvgIpc) is 3.11. The molecule has 1 aromatic rings. The van der Waals surface area contributed by atoms with Gasteiger partial charge in [-0.05, 0) is 76.0 Å². The van der Waals surface area contributed by atoms with E-state index in [1.807, 2.05) is 12.1 Å². The van der Waals surface area contributed by atoms with E-state index in [0.29, 0.717) is 0 Å². The standard InChI is InChI=1S/C17H27N3/c18-16-7-5-15(6-8-16)4-3-10-19-13-9-17(14-19)20-11-1-2-12-20/h5-8,17H,1-4,9-14,18H2. The molecule has 1 aromatic carbocycles. The van der Waals surface area contributed by atoms with Gasteiger partial charge in [0, 0.05) is 18.3 Å². The van der Waals surface area contributed by atoms with Crippen LogP contribution in [-0.4, -0.2) is 48.6 Å². The quantitative estimate of drug-likeness (QED) is 0.836. The number of nitrogens with two attached hydrogens (primary N) is 1. The number of anilines is 1. The van der Waals surface area contributed by atoms with Gasteiger partial charge in [-0.1, -0.05) is 12.1 Å². The van der Waals surface area contributed by atoms with Crippen molar-refractivity contribution < 1.29 is 0 Å². The number of nitrogen functional groups attached to an aromatic ring is 1. The third kappa shape index (κ3) is 3.53. The van der Waals surface area contributed by atoms with Crippen LogP contribution in [-0.2, 0) is 6.42 Å². The van der Waals surface area contributed by atoms with E-state index < -0.39 is 0 Å². The summed E-state index contributed by atoms with van der Waals surface area (Å²) in [7, 11) is 0. The summed E-state index contributed by atoms with van der Waals surface area (Å²) in [4.78, 5) is 5.36. The number of likely N-dealkylation sites (tertiary alicyclic amines) is 2. The number of hydrogen-bond acceptors (Lipinski definition) is 3. The lowest BCUT2D eigenvalue weighted by atomic mass is 10.1. The van der Waals surface area contributed by atoms with Crippen molar-refractivity contribution in [1.82, 2.24) is 9.80 Å². The van der Waals surface area contributed by atoms with Gasteiger partial charge < -0.3 is 10.6 Å². The van der Waals surface area contributed by atoms with E-state index >= 15 is 0 Å². The topological polar surface area (TPSA) is 32.5 Å². The minimum atomic E-state index is 0.842. The van der Waals surface area contributed by atoms with Crippen LogP contribution < -0.4 is 5.73 Å². The van der Waals surface area contributed by atoms with Crippen molar-refractivity contribution in [3.63, 3.8) is 0 Å². The molecule has 20 heavy (non-hydrogen) atoms. The molecule has 0 saturated carbocycles. The Balaban J connectivity index is 1.38. The minimum absolute atomic E-state index is 0.842. The van der Waals surface area contributed by atoms with Crippen molar-refractivity contribution in [2.24, 2.45) is 0 Å². The van der Waals surface area contributed by atoms with Gasteiger partial charge in [-0.15, -0.1) is 0 Å². The van der Waals surface area contributed by atoms with Crippen molar-refractivity contribution in [3.8, 4) is 0 Å². The Labute approximate surface area is 122 Å². The van der Waals surface area contributed by atoms with Crippen molar-refractivity contribution in [3.05, 3.63) is 29.8 Å². The summed E-state index contributed by atoms with van der Waals surface area (Å²) in [5, 5.41) is 0. The maximum atomic E-state index is 5.72. The van der Waals surface area contributed by atoms with Gasteiger partial charge in [-0.25, -0.2) is 0 Å². The number of benzene rings is 1. The van der Waals surface area contributed by atoms with Crippen LogP contribution in [0.3, 0.4) is 0 Å². The summed E-state index contributed by atoms with van der Waals surface area (Å²) >= 11 is 0. The van der Waals surface area contributed by atoms with Gasteiger partial charge in [0.15, 0.2) is 0 Å². The average molecular weight is 273 g/mol. The SMILES string of the molecule is Nc1ccc(CCCN2CCC(N3CCCC3)C2)cc1. The smallest absolute Gasteiger partial charge is 0.0314 e. The van der Waals surface area contributed by atoms with Crippen molar-refractivity contribution in [2.45, 2.75) is 38.1 Å². The van der Waals surface area contributed by atoms with Crippen molar-refractivity contribution in [1.29, 1.82) is 0 Å². The zero-order valence-electron chi connectivity index (χ0n) is 12.4. The van der Waals surface area contributed by atoms with Gasteiger partial charge in [-0.2, -0.15) is 0 Å². The zero-order valence-corrected chi connectivity index (χ0v) is 12.4. The molecule has 0 amide bonds. The number of rotatable bonds is 5. The zero-order chi connectivity index (χ0) is 13.8. The molecule has 2 aliphatic heterocycles. The summed E-state index contributed by atoms with van der Waals surface area (Å²) in [5.41, 5.74) is 7.99. The van der Waals surface area contributed by atoms with E-state index in [1.165, 1.54) is 70.4 Å². The highest BCUT2D eigenvalue weighted by Crippen LogP contribution is 2.20. The van der Waals surface area contributed by atoms with Gasteiger partial charge >= 0.3 is 0 Å². The Morgan fingerprint density at radius 1 is 1.05 bits per heavy atom. The summed E-state index contributed by atoms with van der Waals surface area (Å²) < 4.78 is 0. The highest BCUT2D eigenvalue weighted by atomic mass is 15.3. The molecule has 0 aromatic heterocycles. The van der Waals surface area contributed by atoms with Gasteiger partial charge in [0.25, 0.3) is 0 Å². The van der Waals surface area contributed by atoms with E-state index in [0.717, 1.165) is 11.7 Å². The lowest BCUT2D eigenvalue weighted by molar-refractivity contribution is 0.231. The molecular formula is C17H27N3. The highest BCUT2D eigenvalue weighted by molar-refractivity contribution is 5.39. The summed E-state index contributed by atoms with van der Waals surface area (Å²) in [6, 6.07) is 9.18. The lowest BCUT2D eigenvalue weighted by Crippen LogP contribution is -2.35. The van der Waals surface area contributed by atoms with Crippen LogP contribution in [0, 0.1) is 0 Å². The predicted molar refractivity (Wildman–Crippen MR) is 84.8 cm³/mol. The van der Waals surface area contributed by atoms with Gasteiger partial charge in [0.1, 0.15) is 0 Å². The largest absolute Gasteiger partial charge is 0.399 e. The van der Waals surface area contributed by atoms with E-state index in [1.54, 1.807) is 0 Å². The van der Waals surface area contributed by atoms with E-state index in [9.17, 15) is 0 Å². The van der Waals surface area contributed by atoms with E-state index in [4.69, 9.17) is 5.73 Å². The molecule has 0 spiro atoms. The monoisotopic (exact) mass is 273 g/mol. The van der Waals surface area contributed by atoms with Crippen LogP contribution >= 0.6 is 0 Å². The first-order valence-corrected chi connectivity index (χ1v) is 8.12.